The summed E-state index contributed by atoms with van der Waals surface area (Å²) in [7, 11) is 0. The van der Waals surface area contributed by atoms with Crippen molar-refractivity contribution in [2.24, 2.45) is 5.41 Å². The predicted molar refractivity (Wildman–Crippen MR) is 134 cm³/mol. The van der Waals surface area contributed by atoms with Gasteiger partial charge < -0.3 is 5.11 Å². The Bertz CT molecular complexity index is 1190. The number of rotatable bonds is 7. The van der Waals surface area contributed by atoms with E-state index in [0.717, 1.165) is 62.3 Å². The summed E-state index contributed by atoms with van der Waals surface area (Å²) >= 11 is 0. The molecule has 0 bridgehead atoms. The van der Waals surface area contributed by atoms with Crippen molar-refractivity contribution in [1.29, 1.82) is 0 Å². The molecule has 1 aromatic heterocycles. The molecule has 5 rings (SSSR count). The van der Waals surface area contributed by atoms with Crippen LogP contribution in [0, 0.1) is 5.41 Å². The van der Waals surface area contributed by atoms with Crippen LogP contribution in [0.15, 0.2) is 85.2 Å². The molecule has 1 aliphatic heterocycles. The molecule has 4 heteroatoms. The molecule has 3 aromatic carbocycles. The molecule has 168 valence electrons. The van der Waals surface area contributed by atoms with E-state index in [1.807, 2.05) is 12.4 Å². The fraction of sp³-hybridized carbons (Fsp3) is 0.310. The monoisotopic (exact) mass is 437 g/mol. The third-order valence-corrected chi connectivity index (χ3v) is 7.00. The summed E-state index contributed by atoms with van der Waals surface area (Å²) in [5, 5.41) is 12.7. The highest BCUT2D eigenvalue weighted by Crippen LogP contribution is 2.35. The smallest absolute Gasteiger partial charge is 0.159 e. The molecule has 0 aliphatic carbocycles. The van der Waals surface area contributed by atoms with Crippen LogP contribution in [0.2, 0.25) is 0 Å². The summed E-state index contributed by atoms with van der Waals surface area (Å²) in [6, 6.07) is 25.2. The first-order valence-corrected chi connectivity index (χ1v) is 11.9. The van der Waals surface area contributed by atoms with Gasteiger partial charge in [-0.1, -0.05) is 72.8 Å². The molecule has 1 unspecified atom stereocenters. The topological polar surface area (TPSA) is 49.2 Å². The minimum atomic E-state index is -0.0299. The van der Waals surface area contributed by atoms with Crippen LogP contribution in [0.4, 0.5) is 0 Å². The number of hydrogen-bond donors (Lipinski definition) is 1. The molecule has 1 atom stereocenters. The quantitative estimate of drug-likeness (QED) is 0.414. The maximum absolute atomic E-state index is 10.3. The van der Waals surface area contributed by atoms with Gasteiger partial charge in [0.05, 0.1) is 0 Å². The molecule has 1 saturated heterocycles. The minimum absolute atomic E-state index is 0.0299. The molecule has 4 aromatic rings. The largest absolute Gasteiger partial charge is 0.396 e. The van der Waals surface area contributed by atoms with E-state index in [1.165, 1.54) is 16.3 Å². The molecular formula is C29H31N3O. The van der Waals surface area contributed by atoms with E-state index in [-0.39, 0.29) is 12.0 Å². The molecule has 1 fully saturated rings. The van der Waals surface area contributed by atoms with Gasteiger partial charge in [-0.2, -0.15) is 0 Å². The number of fused-ring (bicyclic) bond motifs is 1. The van der Waals surface area contributed by atoms with Gasteiger partial charge in [-0.05, 0) is 48.6 Å². The van der Waals surface area contributed by atoms with Gasteiger partial charge in [0.2, 0.25) is 0 Å². The van der Waals surface area contributed by atoms with E-state index in [1.54, 1.807) is 0 Å². The maximum Gasteiger partial charge on any atom is 0.159 e. The van der Waals surface area contributed by atoms with E-state index in [2.05, 4.69) is 77.7 Å². The molecule has 33 heavy (non-hydrogen) atoms. The first kappa shape index (κ1) is 21.7. The maximum atomic E-state index is 10.3. The minimum Gasteiger partial charge on any atom is -0.396 e. The Morgan fingerprint density at radius 3 is 2.42 bits per heavy atom. The van der Waals surface area contributed by atoms with Gasteiger partial charge in [0.1, 0.15) is 0 Å². The van der Waals surface area contributed by atoms with Crippen LogP contribution in [-0.2, 0) is 13.0 Å². The van der Waals surface area contributed by atoms with Gasteiger partial charge in [0, 0.05) is 48.6 Å². The number of aliphatic hydroxyl groups is 1. The van der Waals surface area contributed by atoms with Crippen LogP contribution in [0.1, 0.15) is 30.4 Å². The highest BCUT2D eigenvalue weighted by molar-refractivity contribution is 5.94. The van der Waals surface area contributed by atoms with Crippen molar-refractivity contribution in [2.75, 3.05) is 19.7 Å². The Morgan fingerprint density at radius 2 is 1.61 bits per heavy atom. The van der Waals surface area contributed by atoms with Gasteiger partial charge in [-0.15, -0.1) is 0 Å². The molecule has 1 N–H and O–H groups in total. The Morgan fingerprint density at radius 1 is 0.848 bits per heavy atom. The second-order valence-electron chi connectivity index (χ2n) is 9.40. The lowest BCUT2D eigenvalue weighted by Crippen LogP contribution is -2.45. The van der Waals surface area contributed by atoms with Gasteiger partial charge in [0.15, 0.2) is 5.82 Å². The predicted octanol–water partition coefficient (Wildman–Crippen LogP) is 5.50. The normalized spacial score (nSPS) is 19.1. The molecule has 2 heterocycles. The number of nitrogens with zero attached hydrogens (tertiary/aromatic N) is 3. The lowest BCUT2D eigenvalue weighted by atomic mass is 9.76. The van der Waals surface area contributed by atoms with Crippen molar-refractivity contribution >= 4 is 10.8 Å². The van der Waals surface area contributed by atoms with Crippen LogP contribution >= 0.6 is 0 Å². The van der Waals surface area contributed by atoms with Gasteiger partial charge in [0.25, 0.3) is 0 Å². The average Bonchev–Trinajstić information content (AvgIpc) is 2.88. The molecule has 0 spiro atoms. The standard InChI is InChI=1S/C29H31N3O/c33-22-29(16-14-23-8-2-1-3-9-23)15-7-17-32(21-29)20-24-18-30-28(31-19-24)27-13-6-11-25-10-4-5-12-26(25)27/h1-6,8-13,18-19,33H,7,14-17,20-22H2. The highest BCUT2D eigenvalue weighted by atomic mass is 16.3. The third kappa shape index (κ3) is 4.97. The average molecular weight is 438 g/mol. The number of aliphatic hydroxyl groups excluding tert-OH is 1. The third-order valence-electron chi connectivity index (χ3n) is 7.00. The Balaban J connectivity index is 1.27. The summed E-state index contributed by atoms with van der Waals surface area (Å²) in [5.74, 6) is 0.766. The Labute approximate surface area is 195 Å². The van der Waals surface area contributed by atoms with Crippen LogP contribution in [0.5, 0.6) is 0 Å². The number of piperidine rings is 1. The molecular weight excluding hydrogens is 406 g/mol. The van der Waals surface area contributed by atoms with Crippen LogP contribution in [0.25, 0.3) is 22.2 Å². The van der Waals surface area contributed by atoms with Crippen molar-refractivity contribution in [1.82, 2.24) is 14.9 Å². The lowest BCUT2D eigenvalue weighted by molar-refractivity contribution is 0.0223. The van der Waals surface area contributed by atoms with E-state index in [0.29, 0.717) is 0 Å². The van der Waals surface area contributed by atoms with Crippen molar-refractivity contribution in [3.8, 4) is 11.4 Å². The number of aromatic nitrogens is 2. The lowest BCUT2D eigenvalue weighted by Gasteiger charge is -2.42. The highest BCUT2D eigenvalue weighted by Gasteiger charge is 2.34. The first-order chi connectivity index (χ1) is 16.2. The van der Waals surface area contributed by atoms with Gasteiger partial charge >= 0.3 is 0 Å². The molecule has 1 aliphatic rings. The molecule has 4 nitrogen and oxygen atoms in total. The van der Waals surface area contributed by atoms with E-state index in [4.69, 9.17) is 9.97 Å². The summed E-state index contributed by atoms with van der Waals surface area (Å²) in [6.07, 6.45) is 8.15. The van der Waals surface area contributed by atoms with Crippen LogP contribution in [0.3, 0.4) is 0 Å². The zero-order chi connectivity index (χ0) is 22.5. The Hall–Kier alpha value is -3.08. The molecule has 0 amide bonds. The number of hydrogen-bond acceptors (Lipinski definition) is 4. The summed E-state index contributed by atoms with van der Waals surface area (Å²) in [5.41, 5.74) is 3.51. The molecule has 0 radical (unpaired) electrons. The SMILES string of the molecule is OCC1(CCc2ccccc2)CCCN(Cc2cnc(-c3cccc4ccccc34)nc2)C1. The summed E-state index contributed by atoms with van der Waals surface area (Å²) in [4.78, 5) is 11.9. The zero-order valence-electron chi connectivity index (χ0n) is 19.0. The fourth-order valence-electron chi connectivity index (χ4n) is 5.17. The van der Waals surface area contributed by atoms with Crippen molar-refractivity contribution < 1.29 is 5.11 Å². The van der Waals surface area contributed by atoms with Gasteiger partial charge in [-0.3, -0.25) is 4.90 Å². The van der Waals surface area contributed by atoms with Crippen LogP contribution in [-0.4, -0.2) is 39.7 Å². The van der Waals surface area contributed by atoms with Gasteiger partial charge in [-0.25, -0.2) is 9.97 Å². The summed E-state index contributed by atoms with van der Waals surface area (Å²) in [6.45, 7) is 3.04. The molecule has 0 saturated carbocycles. The fourth-order valence-corrected chi connectivity index (χ4v) is 5.17. The zero-order valence-corrected chi connectivity index (χ0v) is 19.0. The van der Waals surface area contributed by atoms with E-state index in [9.17, 15) is 5.11 Å². The van der Waals surface area contributed by atoms with Crippen molar-refractivity contribution in [3.05, 3.63) is 96.3 Å². The summed E-state index contributed by atoms with van der Waals surface area (Å²) < 4.78 is 0. The second kappa shape index (κ2) is 9.82. The van der Waals surface area contributed by atoms with Crippen molar-refractivity contribution in [3.63, 3.8) is 0 Å². The number of likely N-dealkylation sites (tertiary alicyclic amines) is 1. The number of benzene rings is 3. The van der Waals surface area contributed by atoms with Crippen LogP contribution < -0.4 is 0 Å². The van der Waals surface area contributed by atoms with E-state index < -0.39 is 0 Å². The first-order valence-electron chi connectivity index (χ1n) is 11.9. The Kier molecular flexibility index (Phi) is 6.47. The van der Waals surface area contributed by atoms with E-state index >= 15 is 0 Å². The second-order valence-corrected chi connectivity index (χ2v) is 9.40. The number of aryl methyl sites for hydroxylation is 1. The van der Waals surface area contributed by atoms with Crippen molar-refractivity contribution in [2.45, 2.75) is 32.2 Å².